The Morgan fingerprint density at radius 1 is 1.07 bits per heavy atom. The first-order chi connectivity index (χ1) is 13.6. The molecule has 1 unspecified atom stereocenters. The van der Waals surface area contributed by atoms with Gasteiger partial charge in [-0.2, -0.15) is 0 Å². The number of ether oxygens (including phenoxy) is 1. The van der Waals surface area contributed by atoms with Gasteiger partial charge >= 0.3 is 0 Å². The molecule has 1 atom stereocenters. The molecular formula is C20H16N2O5S. The third kappa shape index (κ3) is 3.92. The third-order valence-corrected chi connectivity index (χ3v) is 5.09. The molecule has 0 spiro atoms. The highest BCUT2D eigenvalue weighted by Crippen LogP contribution is 2.26. The average Bonchev–Trinajstić information content (AvgIpc) is 3.02. The number of ketones is 1. The number of nitrogens with one attached hydrogen (secondary N) is 2. The predicted octanol–water partition coefficient (Wildman–Crippen LogP) is 2.93. The van der Waals surface area contributed by atoms with Crippen LogP contribution in [0.3, 0.4) is 0 Å². The minimum Gasteiger partial charge on any atom is -0.494 e. The van der Waals surface area contributed by atoms with E-state index in [0.29, 0.717) is 35.0 Å². The number of imide groups is 1. The topological polar surface area (TPSA) is 93.7 Å². The molecule has 0 aromatic heterocycles. The molecule has 2 aromatic rings. The van der Waals surface area contributed by atoms with E-state index in [0.717, 1.165) is 17.3 Å². The fraction of sp³-hybridized carbons (Fsp3) is 0.150. The van der Waals surface area contributed by atoms with E-state index in [4.69, 9.17) is 9.57 Å². The normalized spacial score (nSPS) is 19.9. The molecule has 2 heterocycles. The molecule has 0 aliphatic carbocycles. The molecule has 2 aliphatic rings. The van der Waals surface area contributed by atoms with E-state index < -0.39 is 6.04 Å². The van der Waals surface area contributed by atoms with Crippen molar-refractivity contribution in [3.8, 4) is 11.5 Å². The molecular weight excluding hydrogens is 380 g/mol. The molecule has 0 saturated carbocycles. The van der Waals surface area contributed by atoms with Crippen LogP contribution in [-0.2, 0) is 4.79 Å². The second-order valence-corrected chi connectivity index (χ2v) is 7.21. The first-order valence-electron chi connectivity index (χ1n) is 8.63. The average molecular weight is 396 g/mol. The fourth-order valence-electron chi connectivity index (χ4n) is 2.85. The summed E-state index contributed by atoms with van der Waals surface area (Å²) in [6, 6.07) is 13.8. The molecule has 2 amide bonds. The van der Waals surface area contributed by atoms with E-state index in [2.05, 4.69) is 10.8 Å². The van der Waals surface area contributed by atoms with E-state index in [1.54, 1.807) is 48.5 Å². The molecule has 7 nitrogen and oxygen atoms in total. The Morgan fingerprint density at radius 3 is 2.61 bits per heavy atom. The van der Waals surface area contributed by atoms with Crippen LogP contribution >= 0.6 is 11.8 Å². The summed E-state index contributed by atoms with van der Waals surface area (Å²) in [5.41, 5.74) is 4.12. The Labute approximate surface area is 165 Å². The molecule has 2 N–H and O–H groups in total. The summed E-state index contributed by atoms with van der Waals surface area (Å²) in [7, 11) is 0. The Hall–Kier alpha value is -3.10. The number of para-hydroxylation sites is 1. The summed E-state index contributed by atoms with van der Waals surface area (Å²) in [6.07, 6.45) is 2.10. The molecule has 0 bridgehead atoms. The highest BCUT2D eigenvalue weighted by molar-refractivity contribution is 8.18. The molecule has 2 aliphatic heterocycles. The van der Waals surface area contributed by atoms with Crippen LogP contribution in [-0.4, -0.2) is 29.6 Å². The van der Waals surface area contributed by atoms with Gasteiger partial charge in [-0.3, -0.25) is 19.7 Å². The van der Waals surface area contributed by atoms with Crippen LogP contribution in [0.15, 0.2) is 53.4 Å². The second-order valence-electron chi connectivity index (χ2n) is 6.19. The first-order valence-corrected chi connectivity index (χ1v) is 9.45. The van der Waals surface area contributed by atoms with Crippen molar-refractivity contribution in [2.45, 2.75) is 12.5 Å². The lowest BCUT2D eigenvalue weighted by molar-refractivity contribution is -0.115. The standard InChI is InChI=1S/C20H16N2O5S/c23-18-14-3-1-2-4-16(14)27-22-15(18)9-10-26-13-7-5-12(6-8-13)11-17-19(24)21-20(25)28-17/h1-8,11,15,22H,9-10H2,(H,21,24,25). The van der Waals surface area contributed by atoms with Crippen LogP contribution in [0.1, 0.15) is 22.3 Å². The summed E-state index contributed by atoms with van der Waals surface area (Å²) in [5.74, 6) is 0.773. The van der Waals surface area contributed by atoms with Gasteiger partial charge in [0.1, 0.15) is 11.8 Å². The van der Waals surface area contributed by atoms with Gasteiger partial charge in [0.2, 0.25) is 0 Å². The number of fused-ring (bicyclic) bond motifs is 1. The van der Waals surface area contributed by atoms with Gasteiger partial charge in [0.25, 0.3) is 11.1 Å². The van der Waals surface area contributed by atoms with E-state index >= 15 is 0 Å². The van der Waals surface area contributed by atoms with Crippen LogP contribution in [0.25, 0.3) is 6.08 Å². The lowest BCUT2D eigenvalue weighted by Crippen LogP contribution is -2.44. The van der Waals surface area contributed by atoms with Gasteiger partial charge in [-0.25, -0.2) is 0 Å². The largest absolute Gasteiger partial charge is 0.494 e. The van der Waals surface area contributed by atoms with E-state index in [1.165, 1.54) is 0 Å². The van der Waals surface area contributed by atoms with Crippen molar-refractivity contribution < 1.29 is 24.0 Å². The number of Topliss-reactive ketones (excluding diaryl/α,β-unsaturated/α-hetero) is 1. The maximum atomic E-state index is 12.5. The van der Waals surface area contributed by atoms with Gasteiger partial charge in [0.05, 0.1) is 17.1 Å². The number of hydroxylamine groups is 1. The fourth-order valence-corrected chi connectivity index (χ4v) is 3.53. The van der Waals surface area contributed by atoms with Crippen molar-refractivity contribution in [3.05, 3.63) is 64.6 Å². The zero-order valence-electron chi connectivity index (χ0n) is 14.6. The van der Waals surface area contributed by atoms with Gasteiger partial charge in [0.15, 0.2) is 11.5 Å². The Bertz CT molecular complexity index is 971. The van der Waals surface area contributed by atoms with Crippen molar-refractivity contribution in [3.63, 3.8) is 0 Å². The number of carbonyl (C=O) groups is 3. The third-order valence-electron chi connectivity index (χ3n) is 4.28. The molecule has 28 heavy (non-hydrogen) atoms. The van der Waals surface area contributed by atoms with Gasteiger partial charge < -0.3 is 9.57 Å². The SMILES string of the molecule is O=C1NC(=O)C(=Cc2ccc(OCCC3NOc4ccccc4C3=O)cc2)S1. The van der Waals surface area contributed by atoms with E-state index in [9.17, 15) is 14.4 Å². The summed E-state index contributed by atoms with van der Waals surface area (Å²) in [6.45, 7) is 0.335. The van der Waals surface area contributed by atoms with Crippen LogP contribution in [0.5, 0.6) is 11.5 Å². The zero-order chi connectivity index (χ0) is 19.5. The molecule has 2 aromatic carbocycles. The zero-order valence-corrected chi connectivity index (χ0v) is 15.5. The van der Waals surface area contributed by atoms with E-state index in [-0.39, 0.29) is 16.9 Å². The lowest BCUT2D eigenvalue weighted by Gasteiger charge is -2.24. The Balaban J connectivity index is 1.31. The van der Waals surface area contributed by atoms with Gasteiger partial charge in [-0.1, -0.05) is 24.3 Å². The first kappa shape index (κ1) is 18.3. The van der Waals surface area contributed by atoms with Gasteiger partial charge in [0, 0.05) is 6.42 Å². The smallest absolute Gasteiger partial charge is 0.290 e. The summed E-state index contributed by atoms with van der Waals surface area (Å²) >= 11 is 0.877. The van der Waals surface area contributed by atoms with E-state index in [1.807, 2.05) is 6.07 Å². The number of carbonyl (C=O) groups excluding carboxylic acids is 3. The Kier molecular flexibility index (Phi) is 5.14. The Morgan fingerprint density at radius 2 is 1.86 bits per heavy atom. The van der Waals surface area contributed by atoms with Crippen LogP contribution in [0, 0.1) is 0 Å². The van der Waals surface area contributed by atoms with Gasteiger partial charge in [-0.15, -0.1) is 5.48 Å². The summed E-state index contributed by atoms with van der Waals surface area (Å²) in [4.78, 5) is 41.0. The lowest BCUT2D eigenvalue weighted by atomic mass is 10.0. The molecule has 8 heteroatoms. The van der Waals surface area contributed by atoms with Crippen molar-refractivity contribution in [1.29, 1.82) is 0 Å². The highest BCUT2D eigenvalue weighted by Gasteiger charge is 2.28. The number of hydrogen-bond donors (Lipinski definition) is 2. The van der Waals surface area contributed by atoms with Gasteiger partial charge in [-0.05, 0) is 47.7 Å². The maximum absolute atomic E-state index is 12.5. The highest BCUT2D eigenvalue weighted by atomic mass is 32.2. The summed E-state index contributed by atoms with van der Waals surface area (Å²) in [5, 5.41) is 1.85. The van der Waals surface area contributed by atoms with Crippen LogP contribution < -0.4 is 20.4 Å². The molecule has 1 saturated heterocycles. The number of amides is 2. The minimum absolute atomic E-state index is 0.0192. The molecule has 1 fully saturated rings. The number of thioether (sulfide) groups is 1. The number of rotatable bonds is 5. The quantitative estimate of drug-likeness (QED) is 0.751. The maximum Gasteiger partial charge on any atom is 0.290 e. The van der Waals surface area contributed by atoms with Crippen molar-refractivity contribution >= 4 is 34.8 Å². The summed E-state index contributed by atoms with van der Waals surface area (Å²) < 4.78 is 5.70. The monoisotopic (exact) mass is 396 g/mol. The van der Waals surface area contributed by atoms with Crippen molar-refractivity contribution in [2.75, 3.05) is 6.61 Å². The van der Waals surface area contributed by atoms with Crippen molar-refractivity contribution in [2.24, 2.45) is 0 Å². The van der Waals surface area contributed by atoms with Crippen molar-refractivity contribution in [1.82, 2.24) is 10.8 Å². The number of benzene rings is 2. The minimum atomic E-state index is -0.464. The predicted molar refractivity (Wildman–Crippen MR) is 104 cm³/mol. The molecule has 0 radical (unpaired) electrons. The number of hydrogen-bond acceptors (Lipinski definition) is 7. The molecule has 142 valence electrons. The van der Waals surface area contributed by atoms with Crippen LogP contribution in [0.4, 0.5) is 4.79 Å². The van der Waals surface area contributed by atoms with Crippen LogP contribution in [0.2, 0.25) is 0 Å². The second kappa shape index (κ2) is 7.87. The molecule has 4 rings (SSSR count).